The monoisotopic (exact) mass is 157 g/mol. The van der Waals surface area contributed by atoms with Crippen molar-refractivity contribution in [2.24, 2.45) is 5.92 Å². The Hall–Kier alpha value is -0.370. The van der Waals surface area contributed by atoms with Crippen LogP contribution in [0.25, 0.3) is 0 Å². The quantitative estimate of drug-likeness (QED) is 0.617. The summed E-state index contributed by atoms with van der Waals surface area (Å²) >= 11 is 0. The van der Waals surface area contributed by atoms with Gasteiger partial charge >= 0.3 is 0 Å². The highest BCUT2D eigenvalue weighted by Crippen LogP contribution is 2.12. The molecule has 0 aromatic carbocycles. The number of carbonyl (C=O) groups excluding carboxylic acids is 1. The van der Waals surface area contributed by atoms with Gasteiger partial charge in [-0.15, -0.1) is 0 Å². The number of rotatable bonds is 4. The van der Waals surface area contributed by atoms with E-state index in [1.54, 1.807) is 6.92 Å². The Balaban J connectivity index is 4.21. The van der Waals surface area contributed by atoms with E-state index in [0.29, 0.717) is 5.92 Å². The van der Waals surface area contributed by atoms with E-state index in [9.17, 15) is 4.79 Å². The summed E-state index contributed by atoms with van der Waals surface area (Å²) in [5, 5.41) is 0. The molecule has 2 heteroatoms. The maximum atomic E-state index is 11.1. The Labute approximate surface area is 69.6 Å². The van der Waals surface area contributed by atoms with Crippen LogP contribution < -0.4 is 0 Å². The summed E-state index contributed by atoms with van der Waals surface area (Å²) in [5.41, 5.74) is 0. The van der Waals surface area contributed by atoms with Gasteiger partial charge in [0.1, 0.15) is 5.78 Å². The second kappa shape index (κ2) is 4.50. The topological polar surface area (TPSA) is 20.3 Å². The molecule has 0 fully saturated rings. The van der Waals surface area contributed by atoms with Gasteiger partial charge in [-0.25, -0.2) is 0 Å². The third kappa shape index (κ3) is 3.02. The third-order valence-corrected chi connectivity index (χ3v) is 2.16. The molecule has 2 atom stereocenters. The van der Waals surface area contributed by atoms with Gasteiger partial charge in [-0.2, -0.15) is 0 Å². The van der Waals surface area contributed by atoms with Crippen molar-refractivity contribution in [1.82, 2.24) is 4.90 Å². The Morgan fingerprint density at radius 2 is 1.91 bits per heavy atom. The summed E-state index contributed by atoms with van der Waals surface area (Å²) in [6.45, 7) is 5.90. The average molecular weight is 157 g/mol. The van der Waals surface area contributed by atoms with Crippen molar-refractivity contribution in [3.8, 4) is 0 Å². The van der Waals surface area contributed by atoms with Gasteiger partial charge in [-0.3, -0.25) is 9.69 Å². The first-order valence-corrected chi connectivity index (χ1v) is 4.17. The number of hydrogen-bond acceptors (Lipinski definition) is 2. The minimum Gasteiger partial charge on any atom is -0.300 e. The summed E-state index contributed by atoms with van der Waals surface area (Å²) < 4.78 is 0. The molecule has 0 saturated heterocycles. The molecule has 0 radical (unpaired) electrons. The van der Waals surface area contributed by atoms with Crippen LogP contribution in [-0.2, 0) is 4.79 Å². The van der Waals surface area contributed by atoms with Gasteiger partial charge in [0, 0.05) is 0 Å². The van der Waals surface area contributed by atoms with Gasteiger partial charge in [-0.1, -0.05) is 20.3 Å². The summed E-state index contributed by atoms with van der Waals surface area (Å²) in [5.74, 6) is 0.729. The van der Waals surface area contributed by atoms with Crippen LogP contribution in [0.3, 0.4) is 0 Å². The van der Waals surface area contributed by atoms with E-state index in [0.717, 1.165) is 6.42 Å². The van der Waals surface area contributed by atoms with Crippen LogP contribution in [-0.4, -0.2) is 30.8 Å². The number of likely N-dealkylation sites (N-methyl/N-ethyl adjacent to an activating group) is 1. The van der Waals surface area contributed by atoms with Crippen molar-refractivity contribution in [2.45, 2.75) is 33.2 Å². The van der Waals surface area contributed by atoms with Crippen molar-refractivity contribution in [3.05, 3.63) is 0 Å². The van der Waals surface area contributed by atoms with E-state index in [-0.39, 0.29) is 11.8 Å². The second-order valence-electron chi connectivity index (χ2n) is 3.40. The van der Waals surface area contributed by atoms with Gasteiger partial charge in [0.25, 0.3) is 0 Å². The lowest BCUT2D eigenvalue weighted by molar-refractivity contribution is -0.122. The predicted octanol–water partition coefficient (Wildman–Crippen LogP) is 1.55. The Morgan fingerprint density at radius 1 is 1.45 bits per heavy atom. The van der Waals surface area contributed by atoms with Crippen LogP contribution in [0.4, 0.5) is 0 Å². The smallest absolute Gasteiger partial charge is 0.147 e. The van der Waals surface area contributed by atoms with Crippen molar-refractivity contribution < 1.29 is 4.79 Å². The first kappa shape index (κ1) is 10.6. The Bertz CT molecular complexity index is 132. The molecular weight excluding hydrogens is 138 g/mol. The Morgan fingerprint density at radius 3 is 2.00 bits per heavy atom. The number of carbonyl (C=O) groups is 1. The highest BCUT2D eigenvalue weighted by Gasteiger charge is 2.21. The fraction of sp³-hybridized carbons (Fsp3) is 0.889. The van der Waals surface area contributed by atoms with Crippen molar-refractivity contribution >= 4 is 5.78 Å². The van der Waals surface area contributed by atoms with Gasteiger partial charge in [-0.05, 0) is 26.9 Å². The molecule has 11 heavy (non-hydrogen) atoms. The first-order chi connectivity index (χ1) is 5.00. The molecule has 66 valence electrons. The Kier molecular flexibility index (Phi) is 4.34. The summed E-state index contributed by atoms with van der Waals surface area (Å²) in [4.78, 5) is 13.1. The standard InChI is InChI=1S/C9H19NO/c1-6-7(2)9(8(3)11)10(4)5/h7,9H,6H2,1-5H3/t7-,9?/m0/s1. The van der Waals surface area contributed by atoms with Gasteiger partial charge < -0.3 is 0 Å². The lowest BCUT2D eigenvalue weighted by Crippen LogP contribution is -2.39. The summed E-state index contributed by atoms with van der Waals surface area (Å²) in [6.07, 6.45) is 1.06. The predicted molar refractivity (Wildman–Crippen MR) is 47.6 cm³/mol. The molecule has 0 aliphatic rings. The third-order valence-electron chi connectivity index (χ3n) is 2.16. The molecule has 0 spiro atoms. The molecule has 0 aromatic heterocycles. The zero-order valence-corrected chi connectivity index (χ0v) is 8.22. The number of ketones is 1. The van der Waals surface area contributed by atoms with Gasteiger partial charge in [0.2, 0.25) is 0 Å². The molecule has 0 heterocycles. The molecule has 0 aliphatic carbocycles. The van der Waals surface area contributed by atoms with Crippen LogP contribution in [0.1, 0.15) is 27.2 Å². The average Bonchev–Trinajstić information content (AvgIpc) is 1.85. The minimum atomic E-state index is 0.0972. The zero-order valence-electron chi connectivity index (χ0n) is 8.22. The van der Waals surface area contributed by atoms with E-state index in [2.05, 4.69) is 13.8 Å². The largest absolute Gasteiger partial charge is 0.300 e. The van der Waals surface area contributed by atoms with E-state index >= 15 is 0 Å². The van der Waals surface area contributed by atoms with E-state index in [1.165, 1.54) is 0 Å². The molecule has 0 aliphatic heterocycles. The van der Waals surface area contributed by atoms with Crippen LogP contribution in [0.2, 0.25) is 0 Å². The highest BCUT2D eigenvalue weighted by molar-refractivity contribution is 5.81. The van der Waals surface area contributed by atoms with Crippen molar-refractivity contribution in [3.63, 3.8) is 0 Å². The molecule has 2 nitrogen and oxygen atoms in total. The molecule has 0 bridgehead atoms. The second-order valence-corrected chi connectivity index (χ2v) is 3.40. The lowest BCUT2D eigenvalue weighted by Gasteiger charge is -2.26. The van der Waals surface area contributed by atoms with Crippen molar-refractivity contribution in [2.75, 3.05) is 14.1 Å². The van der Waals surface area contributed by atoms with Gasteiger partial charge in [0.05, 0.1) is 6.04 Å². The fourth-order valence-corrected chi connectivity index (χ4v) is 1.50. The number of hydrogen-bond donors (Lipinski definition) is 0. The molecule has 0 saturated carbocycles. The normalized spacial score (nSPS) is 16.5. The van der Waals surface area contributed by atoms with E-state index in [4.69, 9.17) is 0 Å². The number of nitrogens with zero attached hydrogens (tertiary/aromatic N) is 1. The van der Waals surface area contributed by atoms with Gasteiger partial charge in [0.15, 0.2) is 0 Å². The zero-order chi connectivity index (χ0) is 9.02. The highest BCUT2D eigenvalue weighted by atomic mass is 16.1. The van der Waals surface area contributed by atoms with Crippen molar-refractivity contribution in [1.29, 1.82) is 0 Å². The maximum absolute atomic E-state index is 11.1. The molecular formula is C9H19NO. The summed E-state index contributed by atoms with van der Waals surface area (Å²) in [6, 6.07) is 0.0972. The molecule has 0 rings (SSSR count). The fourth-order valence-electron chi connectivity index (χ4n) is 1.50. The minimum absolute atomic E-state index is 0.0972. The lowest BCUT2D eigenvalue weighted by atomic mass is 9.95. The molecule has 0 amide bonds. The number of Topliss-reactive ketones (excluding diaryl/α,β-unsaturated/α-hetero) is 1. The first-order valence-electron chi connectivity index (χ1n) is 4.17. The van der Waals surface area contributed by atoms with Crippen LogP contribution >= 0.6 is 0 Å². The maximum Gasteiger partial charge on any atom is 0.147 e. The van der Waals surface area contributed by atoms with E-state index < -0.39 is 0 Å². The molecule has 1 unspecified atom stereocenters. The molecule has 0 aromatic rings. The van der Waals surface area contributed by atoms with E-state index in [1.807, 2.05) is 19.0 Å². The SMILES string of the molecule is CC[C@H](C)C(C(C)=O)N(C)C. The van der Waals surface area contributed by atoms with Crippen LogP contribution in [0.5, 0.6) is 0 Å². The van der Waals surface area contributed by atoms with Crippen LogP contribution in [0, 0.1) is 5.92 Å². The van der Waals surface area contributed by atoms with Crippen LogP contribution in [0.15, 0.2) is 0 Å². The molecule has 0 N–H and O–H groups in total. The summed E-state index contributed by atoms with van der Waals surface area (Å²) in [7, 11) is 3.91.